The van der Waals surface area contributed by atoms with Gasteiger partial charge in [-0.25, -0.2) is 0 Å². The molecule has 0 aromatic heterocycles. The number of ether oxygens (including phenoxy) is 2. The van der Waals surface area contributed by atoms with Gasteiger partial charge in [0.1, 0.15) is 0 Å². The molecular formula is C13H23IO2. The fourth-order valence-corrected chi connectivity index (χ4v) is 3.72. The van der Waals surface area contributed by atoms with E-state index in [9.17, 15) is 0 Å². The minimum atomic E-state index is 0.170. The smallest absolute Gasteiger partial charge is 0.0809 e. The molecule has 0 radical (unpaired) electrons. The van der Waals surface area contributed by atoms with E-state index in [1.165, 1.54) is 51.4 Å². The van der Waals surface area contributed by atoms with Gasteiger partial charge in [0.05, 0.1) is 18.3 Å². The number of hydrogen-bond acceptors (Lipinski definition) is 2. The van der Waals surface area contributed by atoms with Crippen LogP contribution in [0, 0.1) is 0 Å². The lowest BCUT2D eigenvalue weighted by Crippen LogP contribution is -2.36. The summed E-state index contributed by atoms with van der Waals surface area (Å²) in [6, 6.07) is 0. The van der Waals surface area contributed by atoms with Gasteiger partial charge in [0.2, 0.25) is 0 Å². The average Bonchev–Trinajstić information content (AvgIpc) is 2.72. The topological polar surface area (TPSA) is 18.5 Å². The summed E-state index contributed by atoms with van der Waals surface area (Å²) in [7, 11) is 0. The van der Waals surface area contributed by atoms with Crippen LogP contribution < -0.4 is 0 Å². The largest absolute Gasteiger partial charge is 0.376 e. The normalized spacial score (nSPS) is 30.2. The molecule has 1 unspecified atom stereocenters. The van der Waals surface area contributed by atoms with Crippen LogP contribution in [0.3, 0.4) is 0 Å². The van der Waals surface area contributed by atoms with Crippen LogP contribution in [0.1, 0.15) is 51.4 Å². The van der Waals surface area contributed by atoms with E-state index in [2.05, 4.69) is 22.6 Å². The SMILES string of the molecule is ICC1(OCC2CCCO2)CCCCCC1. The highest BCUT2D eigenvalue weighted by atomic mass is 127. The van der Waals surface area contributed by atoms with Gasteiger partial charge in [0, 0.05) is 11.0 Å². The number of alkyl halides is 1. The van der Waals surface area contributed by atoms with E-state index >= 15 is 0 Å². The molecule has 0 bridgehead atoms. The molecule has 94 valence electrons. The zero-order chi connectivity index (χ0) is 11.3. The van der Waals surface area contributed by atoms with E-state index in [1.807, 2.05) is 0 Å². The van der Waals surface area contributed by atoms with Crippen molar-refractivity contribution in [1.82, 2.24) is 0 Å². The van der Waals surface area contributed by atoms with Crippen molar-refractivity contribution in [2.45, 2.75) is 63.1 Å². The number of rotatable bonds is 4. The molecule has 0 aromatic carbocycles. The fourth-order valence-electron chi connectivity index (χ4n) is 2.73. The monoisotopic (exact) mass is 338 g/mol. The Morgan fingerprint density at radius 3 is 2.44 bits per heavy atom. The van der Waals surface area contributed by atoms with Crippen molar-refractivity contribution in [2.75, 3.05) is 17.6 Å². The second-order valence-electron chi connectivity index (χ2n) is 5.18. The van der Waals surface area contributed by atoms with Crippen molar-refractivity contribution in [3.8, 4) is 0 Å². The quantitative estimate of drug-likeness (QED) is 0.442. The van der Waals surface area contributed by atoms with Crippen molar-refractivity contribution in [3.63, 3.8) is 0 Å². The molecule has 0 amide bonds. The number of halogens is 1. The van der Waals surface area contributed by atoms with Crippen LogP contribution in [-0.4, -0.2) is 29.3 Å². The Hall–Kier alpha value is 0.650. The van der Waals surface area contributed by atoms with Gasteiger partial charge in [-0.3, -0.25) is 0 Å². The Labute approximate surface area is 113 Å². The highest BCUT2D eigenvalue weighted by Crippen LogP contribution is 2.33. The molecule has 2 nitrogen and oxygen atoms in total. The van der Waals surface area contributed by atoms with Gasteiger partial charge in [0.15, 0.2) is 0 Å². The minimum absolute atomic E-state index is 0.170. The predicted octanol–water partition coefficient (Wildman–Crippen LogP) is 3.71. The van der Waals surface area contributed by atoms with Crippen molar-refractivity contribution >= 4 is 22.6 Å². The van der Waals surface area contributed by atoms with E-state index in [-0.39, 0.29) is 5.60 Å². The highest BCUT2D eigenvalue weighted by Gasteiger charge is 2.32. The molecule has 2 rings (SSSR count). The van der Waals surface area contributed by atoms with E-state index < -0.39 is 0 Å². The molecule has 1 atom stereocenters. The number of hydrogen-bond donors (Lipinski definition) is 0. The Morgan fingerprint density at radius 2 is 1.88 bits per heavy atom. The molecule has 1 aliphatic carbocycles. The van der Waals surface area contributed by atoms with Crippen molar-refractivity contribution < 1.29 is 9.47 Å². The first-order valence-electron chi connectivity index (χ1n) is 6.66. The predicted molar refractivity (Wildman–Crippen MR) is 74.2 cm³/mol. The lowest BCUT2D eigenvalue weighted by atomic mass is 9.97. The lowest BCUT2D eigenvalue weighted by molar-refractivity contribution is -0.0771. The molecule has 1 heterocycles. The lowest BCUT2D eigenvalue weighted by Gasteiger charge is -2.32. The maximum absolute atomic E-state index is 6.25. The van der Waals surface area contributed by atoms with Gasteiger partial charge in [-0.1, -0.05) is 48.3 Å². The van der Waals surface area contributed by atoms with Gasteiger partial charge >= 0.3 is 0 Å². The first-order valence-corrected chi connectivity index (χ1v) is 8.19. The van der Waals surface area contributed by atoms with Crippen LogP contribution >= 0.6 is 22.6 Å². The molecule has 2 fully saturated rings. The van der Waals surface area contributed by atoms with Crippen LogP contribution in [0.2, 0.25) is 0 Å². The van der Waals surface area contributed by atoms with Gasteiger partial charge < -0.3 is 9.47 Å². The van der Waals surface area contributed by atoms with E-state index in [4.69, 9.17) is 9.47 Å². The zero-order valence-electron chi connectivity index (χ0n) is 10.0. The molecule has 2 aliphatic rings. The van der Waals surface area contributed by atoms with Crippen LogP contribution in [0.5, 0.6) is 0 Å². The summed E-state index contributed by atoms with van der Waals surface area (Å²) < 4.78 is 13.0. The van der Waals surface area contributed by atoms with Gasteiger partial charge in [0.25, 0.3) is 0 Å². The molecule has 3 heteroatoms. The second-order valence-corrected chi connectivity index (χ2v) is 5.94. The summed E-state index contributed by atoms with van der Waals surface area (Å²) >= 11 is 2.50. The molecule has 0 N–H and O–H groups in total. The van der Waals surface area contributed by atoms with Crippen LogP contribution in [-0.2, 0) is 9.47 Å². The molecule has 1 saturated carbocycles. The maximum atomic E-state index is 6.25. The Balaban J connectivity index is 1.81. The van der Waals surface area contributed by atoms with Crippen LogP contribution in [0.4, 0.5) is 0 Å². The third-order valence-corrected chi connectivity index (χ3v) is 5.25. The van der Waals surface area contributed by atoms with Gasteiger partial charge in [-0.15, -0.1) is 0 Å². The summed E-state index contributed by atoms with van der Waals surface area (Å²) in [5.74, 6) is 0. The first-order chi connectivity index (χ1) is 7.85. The minimum Gasteiger partial charge on any atom is -0.376 e. The summed E-state index contributed by atoms with van der Waals surface area (Å²) in [6.45, 7) is 1.76. The van der Waals surface area contributed by atoms with Gasteiger partial charge in [-0.05, 0) is 25.7 Å². The third kappa shape index (κ3) is 3.57. The summed E-state index contributed by atoms with van der Waals surface area (Å²) in [6.07, 6.45) is 10.8. The Kier molecular flexibility index (Phi) is 5.36. The zero-order valence-corrected chi connectivity index (χ0v) is 12.2. The van der Waals surface area contributed by atoms with E-state index in [0.29, 0.717) is 6.10 Å². The van der Waals surface area contributed by atoms with Crippen LogP contribution in [0.15, 0.2) is 0 Å². The van der Waals surface area contributed by atoms with Crippen molar-refractivity contribution in [3.05, 3.63) is 0 Å². The van der Waals surface area contributed by atoms with E-state index in [0.717, 1.165) is 17.6 Å². The second kappa shape index (κ2) is 6.55. The Morgan fingerprint density at radius 1 is 1.12 bits per heavy atom. The molecular weight excluding hydrogens is 315 g/mol. The maximum Gasteiger partial charge on any atom is 0.0809 e. The molecule has 0 spiro atoms. The highest BCUT2D eigenvalue weighted by molar-refractivity contribution is 14.1. The van der Waals surface area contributed by atoms with Crippen LogP contribution in [0.25, 0.3) is 0 Å². The van der Waals surface area contributed by atoms with E-state index in [1.54, 1.807) is 0 Å². The van der Waals surface area contributed by atoms with Crippen molar-refractivity contribution in [1.29, 1.82) is 0 Å². The Bertz CT molecular complexity index is 194. The summed E-state index contributed by atoms with van der Waals surface area (Å²) in [4.78, 5) is 0. The third-order valence-electron chi connectivity index (χ3n) is 3.86. The standard InChI is InChI=1S/C13H23IO2/c14-11-13(7-3-1-2-4-8-13)16-10-12-6-5-9-15-12/h12H,1-11H2. The summed E-state index contributed by atoms with van der Waals surface area (Å²) in [5, 5.41) is 0. The molecule has 16 heavy (non-hydrogen) atoms. The molecule has 0 aromatic rings. The first kappa shape index (κ1) is 13.1. The average molecular weight is 338 g/mol. The molecule has 1 aliphatic heterocycles. The summed E-state index contributed by atoms with van der Waals surface area (Å²) in [5.41, 5.74) is 0.170. The molecule has 1 saturated heterocycles. The van der Waals surface area contributed by atoms with Crippen molar-refractivity contribution in [2.24, 2.45) is 0 Å². The fraction of sp³-hybridized carbons (Fsp3) is 1.00. The van der Waals surface area contributed by atoms with Gasteiger partial charge in [-0.2, -0.15) is 0 Å².